The van der Waals surface area contributed by atoms with E-state index in [4.69, 9.17) is 42.3 Å². The number of carbonyl (C=O) groups is 2. The number of carbonyl (C=O) groups excluding carboxylic acids is 2. The molecule has 1 atom stereocenters. The number of azo groups is 1. The van der Waals surface area contributed by atoms with Crippen LogP contribution in [0.15, 0.2) is 40.6 Å². The van der Waals surface area contributed by atoms with E-state index in [1.165, 1.54) is 27.2 Å². The minimum absolute atomic E-state index is 0.128. The van der Waals surface area contributed by atoms with E-state index in [0.717, 1.165) is 4.42 Å². The topological polar surface area (TPSA) is 99.0 Å². The molecular formula is C22H25Cl2N3O6. The standard InChI is InChI=1S/C22H25Cl2N3O6/c1-6-32-17-12-11-14(23)19(21(17)33-7-2)26-25-18(13(3)28)22(29)27(24)15-9-8-10-16(30-4)20(15)31-5/h8-12,18H,6-7H2,1-5H3. The Morgan fingerprint density at radius 1 is 1.00 bits per heavy atom. The first-order valence-corrected chi connectivity index (χ1v) is 10.7. The Bertz CT molecular complexity index is 1030. The van der Waals surface area contributed by atoms with Crippen molar-refractivity contribution in [1.82, 2.24) is 0 Å². The van der Waals surface area contributed by atoms with Crippen LogP contribution in [0.4, 0.5) is 11.4 Å². The van der Waals surface area contributed by atoms with Gasteiger partial charge in [-0.3, -0.25) is 9.59 Å². The highest BCUT2D eigenvalue weighted by Gasteiger charge is 2.31. The molecule has 2 aromatic rings. The first kappa shape index (κ1) is 26.2. The van der Waals surface area contributed by atoms with Gasteiger partial charge in [-0.2, -0.15) is 5.11 Å². The summed E-state index contributed by atoms with van der Waals surface area (Å²) in [6.07, 6.45) is 0. The third kappa shape index (κ3) is 6.06. The molecule has 0 N–H and O–H groups in total. The highest BCUT2D eigenvalue weighted by atomic mass is 35.5. The smallest absolute Gasteiger partial charge is 0.276 e. The molecule has 178 valence electrons. The maximum absolute atomic E-state index is 13.1. The molecule has 2 aromatic carbocycles. The Hall–Kier alpha value is -3.04. The van der Waals surface area contributed by atoms with Gasteiger partial charge < -0.3 is 18.9 Å². The summed E-state index contributed by atoms with van der Waals surface area (Å²) in [5.41, 5.74) is 0.306. The lowest BCUT2D eigenvalue weighted by atomic mass is 10.2. The van der Waals surface area contributed by atoms with Crippen LogP contribution in [0.25, 0.3) is 0 Å². The molecular weight excluding hydrogens is 473 g/mol. The SMILES string of the molecule is CCOc1ccc(Cl)c(N=NC(C(C)=O)C(=O)N(Cl)c2cccc(OC)c2OC)c1OCC. The predicted molar refractivity (Wildman–Crippen MR) is 126 cm³/mol. The number of ketones is 1. The van der Waals surface area contributed by atoms with E-state index >= 15 is 0 Å². The number of hydrogen-bond acceptors (Lipinski definition) is 8. The molecule has 0 fully saturated rings. The van der Waals surface area contributed by atoms with Crippen molar-refractivity contribution in [3.63, 3.8) is 0 Å². The second kappa shape index (κ2) is 12.3. The molecule has 1 amide bonds. The van der Waals surface area contributed by atoms with Crippen LogP contribution < -0.4 is 23.4 Å². The Balaban J connectivity index is 2.46. The van der Waals surface area contributed by atoms with Gasteiger partial charge in [-0.25, -0.2) is 4.42 Å². The Kier molecular flexibility index (Phi) is 9.74. The molecule has 0 spiro atoms. The first-order chi connectivity index (χ1) is 15.8. The zero-order chi connectivity index (χ0) is 24.5. The maximum atomic E-state index is 13.1. The van der Waals surface area contributed by atoms with Gasteiger partial charge in [0.1, 0.15) is 11.4 Å². The van der Waals surface area contributed by atoms with Crippen LogP contribution >= 0.6 is 23.4 Å². The van der Waals surface area contributed by atoms with Gasteiger partial charge >= 0.3 is 0 Å². The van der Waals surface area contributed by atoms with Gasteiger partial charge in [-0.05, 0) is 45.0 Å². The summed E-state index contributed by atoms with van der Waals surface area (Å²) in [7, 11) is 2.85. The van der Waals surface area contributed by atoms with Gasteiger partial charge in [0.25, 0.3) is 5.91 Å². The number of hydrogen-bond donors (Lipinski definition) is 0. The van der Waals surface area contributed by atoms with Crippen molar-refractivity contribution >= 4 is 46.4 Å². The second-order valence-corrected chi connectivity index (χ2v) is 7.19. The highest BCUT2D eigenvalue weighted by molar-refractivity contribution is 6.39. The number of anilines is 1. The largest absolute Gasteiger partial charge is 0.493 e. The number of rotatable bonds is 11. The Morgan fingerprint density at radius 2 is 1.70 bits per heavy atom. The minimum Gasteiger partial charge on any atom is -0.493 e. The molecule has 0 saturated carbocycles. The molecule has 0 heterocycles. The first-order valence-electron chi connectivity index (χ1n) is 10.0. The van der Waals surface area contributed by atoms with Crippen molar-refractivity contribution in [3.8, 4) is 23.0 Å². The molecule has 2 rings (SSSR count). The number of ether oxygens (including phenoxy) is 4. The molecule has 11 heteroatoms. The fraction of sp³-hybridized carbons (Fsp3) is 0.364. The average molecular weight is 498 g/mol. The number of nitrogens with zero attached hydrogens (tertiary/aromatic N) is 3. The number of methoxy groups -OCH3 is 2. The lowest BCUT2D eigenvalue weighted by Crippen LogP contribution is -2.36. The van der Waals surface area contributed by atoms with Crippen molar-refractivity contribution in [2.45, 2.75) is 26.8 Å². The second-order valence-electron chi connectivity index (χ2n) is 6.45. The van der Waals surface area contributed by atoms with E-state index in [0.29, 0.717) is 24.7 Å². The van der Waals surface area contributed by atoms with Crippen LogP contribution in [0.3, 0.4) is 0 Å². The van der Waals surface area contributed by atoms with Crippen molar-refractivity contribution in [1.29, 1.82) is 0 Å². The third-order valence-electron chi connectivity index (χ3n) is 4.31. The monoisotopic (exact) mass is 497 g/mol. The number of halogens is 2. The normalized spacial score (nSPS) is 11.7. The average Bonchev–Trinajstić information content (AvgIpc) is 2.81. The molecule has 0 bridgehead atoms. The van der Waals surface area contributed by atoms with Crippen LogP contribution in [0.5, 0.6) is 23.0 Å². The van der Waals surface area contributed by atoms with Gasteiger partial charge in [0, 0.05) is 11.8 Å². The fourth-order valence-electron chi connectivity index (χ4n) is 2.85. The molecule has 0 saturated heterocycles. The summed E-state index contributed by atoms with van der Waals surface area (Å²) in [5.74, 6) is -0.184. The van der Waals surface area contributed by atoms with E-state index in [1.54, 1.807) is 31.2 Å². The van der Waals surface area contributed by atoms with Gasteiger partial charge in [-0.15, -0.1) is 5.11 Å². The summed E-state index contributed by atoms with van der Waals surface area (Å²) in [5, 5.41) is 8.22. The lowest BCUT2D eigenvalue weighted by Gasteiger charge is -2.20. The van der Waals surface area contributed by atoms with E-state index in [9.17, 15) is 9.59 Å². The molecule has 0 aromatic heterocycles. The van der Waals surface area contributed by atoms with Gasteiger partial charge in [-0.1, -0.05) is 17.7 Å². The quantitative estimate of drug-likeness (QED) is 0.234. The number of amides is 1. The van der Waals surface area contributed by atoms with Crippen LogP contribution in [-0.4, -0.2) is 45.2 Å². The highest BCUT2D eigenvalue weighted by Crippen LogP contribution is 2.43. The summed E-state index contributed by atoms with van der Waals surface area (Å²) in [6.45, 7) is 5.50. The fourth-order valence-corrected chi connectivity index (χ4v) is 3.26. The number of benzene rings is 2. The Morgan fingerprint density at radius 3 is 2.27 bits per heavy atom. The van der Waals surface area contributed by atoms with E-state index in [-0.39, 0.29) is 27.9 Å². The minimum atomic E-state index is -1.54. The van der Waals surface area contributed by atoms with Gasteiger partial charge in [0.15, 0.2) is 28.8 Å². The van der Waals surface area contributed by atoms with Gasteiger partial charge in [0.05, 0.1) is 32.5 Å². The number of para-hydroxylation sites is 1. The van der Waals surface area contributed by atoms with Crippen LogP contribution in [-0.2, 0) is 9.59 Å². The van der Waals surface area contributed by atoms with E-state index < -0.39 is 17.7 Å². The lowest BCUT2D eigenvalue weighted by molar-refractivity contribution is -0.126. The molecule has 0 aliphatic rings. The van der Waals surface area contributed by atoms with Crippen LogP contribution in [0.1, 0.15) is 20.8 Å². The predicted octanol–water partition coefficient (Wildman–Crippen LogP) is 5.38. The molecule has 1 unspecified atom stereocenters. The maximum Gasteiger partial charge on any atom is 0.276 e. The van der Waals surface area contributed by atoms with Crippen molar-refractivity contribution in [2.75, 3.05) is 31.9 Å². The number of Topliss-reactive ketones (excluding diaryl/α,β-unsaturated/α-hetero) is 1. The van der Waals surface area contributed by atoms with Crippen LogP contribution in [0.2, 0.25) is 5.02 Å². The van der Waals surface area contributed by atoms with E-state index in [2.05, 4.69) is 10.2 Å². The summed E-state index contributed by atoms with van der Waals surface area (Å²) in [4.78, 5) is 25.4. The van der Waals surface area contributed by atoms with Crippen molar-refractivity contribution in [2.24, 2.45) is 10.2 Å². The molecule has 9 nitrogen and oxygen atoms in total. The molecule has 0 radical (unpaired) electrons. The third-order valence-corrected chi connectivity index (χ3v) is 4.97. The zero-order valence-corrected chi connectivity index (χ0v) is 20.4. The van der Waals surface area contributed by atoms with Gasteiger partial charge in [0.2, 0.25) is 6.04 Å². The summed E-state index contributed by atoms with van der Waals surface area (Å²) in [6, 6.07) is 6.46. The van der Waals surface area contributed by atoms with E-state index in [1.807, 2.05) is 6.92 Å². The van der Waals surface area contributed by atoms with Crippen molar-refractivity contribution in [3.05, 3.63) is 35.4 Å². The Labute approximate surface area is 202 Å². The zero-order valence-electron chi connectivity index (χ0n) is 18.9. The molecule has 0 aliphatic heterocycles. The summed E-state index contributed by atoms with van der Waals surface area (Å²) >= 11 is 12.6. The summed E-state index contributed by atoms with van der Waals surface area (Å²) < 4.78 is 22.5. The van der Waals surface area contributed by atoms with Crippen molar-refractivity contribution < 1.29 is 28.5 Å². The molecule has 0 aliphatic carbocycles. The molecule has 33 heavy (non-hydrogen) atoms. The van der Waals surface area contributed by atoms with Crippen LogP contribution in [0, 0.1) is 0 Å².